The van der Waals surface area contributed by atoms with Crippen LogP contribution in [-0.2, 0) is 11.0 Å². The van der Waals surface area contributed by atoms with E-state index in [0.717, 1.165) is 13.3 Å². The van der Waals surface area contributed by atoms with E-state index in [4.69, 9.17) is 5.11 Å². The molecule has 0 spiro atoms. The first-order chi connectivity index (χ1) is 7.77. The number of carbonyl (C=O) groups is 1. The molecule has 0 fully saturated rings. The molecular weight excluding hydrogens is 239 g/mol. The van der Waals surface area contributed by atoms with E-state index in [-0.39, 0.29) is 5.56 Å². The number of methoxy groups -OCH3 is 1. The fourth-order valence-corrected chi connectivity index (χ4v) is 1.11. The average Bonchev–Trinajstić information content (AvgIpc) is 2.25. The minimum atomic E-state index is -4.67. The number of hydrogen-bond acceptors (Lipinski definition) is 3. The average molecular weight is 247 g/mol. The van der Waals surface area contributed by atoms with Gasteiger partial charge in [-0.05, 0) is 6.07 Å². The Kier molecular flexibility index (Phi) is 3.40. The van der Waals surface area contributed by atoms with Crippen LogP contribution < -0.4 is 4.74 Å². The highest BCUT2D eigenvalue weighted by atomic mass is 19.4. The van der Waals surface area contributed by atoms with Crippen LogP contribution in [0.25, 0.3) is 5.57 Å². The van der Waals surface area contributed by atoms with Crippen LogP contribution in [0.15, 0.2) is 18.8 Å². The molecule has 7 heteroatoms. The summed E-state index contributed by atoms with van der Waals surface area (Å²) in [5.74, 6) is -2.02. The predicted molar refractivity (Wildman–Crippen MR) is 52.5 cm³/mol. The highest BCUT2D eigenvalue weighted by molar-refractivity contribution is 6.14. The van der Waals surface area contributed by atoms with E-state index in [9.17, 15) is 18.0 Å². The summed E-state index contributed by atoms with van der Waals surface area (Å²) in [6.07, 6.45) is -3.71. The normalized spacial score (nSPS) is 11.1. The molecule has 0 atom stereocenters. The fourth-order valence-electron chi connectivity index (χ4n) is 1.11. The van der Waals surface area contributed by atoms with Gasteiger partial charge in [-0.3, -0.25) is 0 Å². The third kappa shape index (κ3) is 2.74. The van der Waals surface area contributed by atoms with Crippen molar-refractivity contribution in [3.63, 3.8) is 0 Å². The van der Waals surface area contributed by atoms with Gasteiger partial charge in [0.15, 0.2) is 0 Å². The maximum atomic E-state index is 12.6. The smallest absolute Gasteiger partial charge is 0.421 e. The Balaban J connectivity index is 3.32. The van der Waals surface area contributed by atoms with Crippen LogP contribution in [0.1, 0.15) is 11.1 Å². The molecular formula is C10H8F3NO3. The van der Waals surface area contributed by atoms with Gasteiger partial charge in [-0.2, -0.15) is 13.2 Å². The van der Waals surface area contributed by atoms with E-state index in [1.54, 1.807) is 0 Å². The Morgan fingerprint density at radius 1 is 1.53 bits per heavy atom. The van der Waals surface area contributed by atoms with Crippen molar-refractivity contribution in [3.8, 4) is 5.88 Å². The standard InChI is InChI=1S/C10H8F3NO3/c1-5(9(15)16)6-3-7(10(11,12)13)8(17-2)14-4-6/h3-4H,1H2,2H3,(H,15,16). The molecule has 92 valence electrons. The van der Waals surface area contributed by atoms with Crippen LogP contribution in [0.4, 0.5) is 13.2 Å². The fraction of sp³-hybridized carbons (Fsp3) is 0.200. The van der Waals surface area contributed by atoms with Gasteiger partial charge in [0.2, 0.25) is 5.88 Å². The maximum absolute atomic E-state index is 12.6. The molecule has 0 aliphatic rings. The number of rotatable bonds is 3. The molecule has 0 saturated heterocycles. The first-order valence-electron chi connectivity index (χ1n) is 4.31. The summed E-state index contributed by atoms with van der Waals surface area (Å²) >= 11 is 0. The minimum absolute atomic E-state index is 0.217. The lowest BCUT2D eigenvalue weighted by atomic mass is 10.1. The lowest BCUT2D eigenvalue weighted by molar-refractivity contribution is -0.139. The topological polar surface area (TPSA) is 59.4 Å². The number of aliphatic carboxylic acids is 1. The molecule has 1 aromatic rings. The van der Waals surface area contributed by atoms with Gasteiger partial charge in [-0.1, -0.05) is 6.58 Å². The number of aromatic nitrogens is 1. The summed E-state index contributed by atoms with van der Waals surface area (Å²) < 4.78 is 42.2. The van der Waals surface area contributed by atoms with Crippen LogP contribution in [0.2, 0.25) is 0 Å². The third-order valence-corrected chi connectivity index (χ3v) is 1.96. The zero-order valence-corrected chi connectivity index (χ0v) is 8.71. The summed E-state index contributed by atoms with van der Waals surface area (Å²) in [6, 6.07) is 0.641. The monoisotopic (exact) mass is 247 g/mol. The van der Waals surface area contributed by atoms with E-state index in [1.165, 1.54) is 0 Å². The van der Waals surface area contributed by atoms with Crippen molar-refractivity contribution in [1.82, 2.24) is 4.98 Å². The van der Waals surface area contributed by atoms with E-state index in [2.05, 4.69) is 16.3 Å². The largest absolute Gasteiger partial charge is 0.481 e. The Bertz CT molecular complexity index is 468. The maximum Gasteiger partial charge on any atom is 0.421 e. The molecule has 1 rings (SSSR count). The second-order valence-corrected chi connectivity index (χ2v) is 3.06. The molecule has 17 heavy (non-hydrogen) atoms. The van der Waals surface area contributed by atoms with Crippen LogP contribution >= 0.6 is 0 Å². The van der Waals surface area contributed by atoms with Crippen molar-refractivity contribution in [1.29, 1.82) is 0 Å². The minimum Gasteiger partial charge on any atom is -0.481 e. The number of halogens is 3. The number of hydrogen-bond donors (Lipinski definition) is 1. The third-order valence-electron chi connectivity index (χ3n) is 1.96. The van der Waals surface area contributed by atoms with E-state index in [0.29, 0.717) is 6.07 Å². The number of ether oxygens (including phenoxy) is 1. The van der Waals surface area contributed by atoms with Crippen LogP contribution in [0.3, 0.4) is 0 Å². The quantitative estimate of drug-likeness (QED) is 0.832. The predicted octanol–water partition coefficient (Wildman–Crippen LogP) is 2.21. The molecule has 0 amide bonds. The molecule has 0 aliphatic carbocycles. The van der Waals surface area contributed by atoms with Crippen molar-refractivity contribution in [2.24, 2.45) is 0 Å². The molecule has 4 nitrogen and oxygen atoms in total. The van der Waals surface area contributed by atoms with Crippen molar-refractivity contribution in [2.75, 3.05) is 7.11 Å². The molecule has 0 saturated carbocycles. The Morgan fingerprint density at radius 3 is 2.53 bits per heavy atom. The van der Waals surface area contributed by atoms with E-state index < -0.39 is 29.2 Å². The molecule has 1 aromatic heterocycles. The molecule has 0 aliphatic heterocycles. The molecule has 1 heterocycles. The van der Waals surface area contributed by atoms with Crippen LogP contribution in [-0.4, -0.2) is 23.2 Å². The van der Waals surface area contributed by atoms with Crippen molar-refractivity contribution in [3.05, 3.63) is 30.0 Å². The number of pyridine rings is 1. The summed E-state index contributed by atoms with van der Waals surface area (Å²) in [6.45, 7) is 3.16. The second-order valence-electron chi connectivity index (χ2n) is 3.06. The van der Waals surface area contributed by atoms with Gasteiger partial charge in [-0.25, -0.2) is 9.78 Å². The first-order valence-corrected chi connectivity index (χ1v) is 4.31. The number of carboxylic acid groups (broad SMARTS) is 1. The first kappa shape index (κ1) is 13.0. The molecule has 0 unspecified atom stereocenters. The summed E-state index contributed by atoms with van der Waals surface area (Å²) in [4.78, 5) is 14.0. The van der Waals surface area contributed by atoms with Gasteiger partial charge in [-0.15, -0.1) is 0 Å². The zero-order chi connectivity index (χ0) is 13.2. The SMILES string of the molecule is C=C(C(=O)O)c1cnc(OC)c(C(F)(F)F)c1. The lowest BCUT2D eigenvalue weighted by Crippen LogP contribution is -2.10. The number of nitrogens with zero attached hydrogens (tertiary/aromatic N) is 1. The molecule has 1 N–H and O–H groups in total. The van der Waals surface area contributed by atoms with Gasteiger partial charge in [0.25, 0.3) is 0 Å². The Labute approximate surface area is 94.4 Å². The zero-order valence-electron chi connectivity index (χ0n) is 8.71. The van der Waals surface area contributed by atoms with Crippen molar-refractivity contribution >= 4 is 11.5 Å². The van der Waals surface area contributed by atoms with Crippen LogP contribution in [0, 0.1) is 0 Å². The molecule has 0 bridgehead atoms. The number of alkyl halides is 3. The van der Waals surface area contributed by atoms with Crippen molar-refractivity contribution < 1.29 is 27.8 Å². The molecule has 0 aromatic carbocycles. The number of carboxylic acids is 1. The van der Waals surface area contributed by atoms with Crippen molar-refractivity contribution in [2.45, 2.75) is 6.18 Å². The highest BCUT2D eigenvalue weighted by Gasteiger charge is 2.35. The van der Waals surface area contributed by atoms with E-state index >= 15 is 0 Å². The van der Waals surface area contributed by atoms with Gasteiger partial charge in [0.05, 0.1) is 12.7 Å². The van der Waals surface area contributed by atoms with Gasteiger partial charge in [0, 0.05) is 11.8 Å². The lowest BCUT2D eigenvalue weighted by Gasteiger charge is -2.12. The Morgan fingerprint density at radius 2 is 2.12 bits per heavy atom. The van der Waals surface area contributed by atoms with Gasteiger partial charge < -0.3 is 9.84 Å². The second kappa shape index (κ2) is 4.44. The summed E-state index contributed by atoms with van der Waals surface area (Å²) in [5, 5.41) is 8.62. The highest BCUT2D eigenvalue weighted by Crippen LogP contribution is 2.36. The van der Waals surface area contributed by atoms with Crippen LogP contribution in [0.5, 0.6) is 5.88 Å². The summed E-state index contributed by atoms with van der Waals surface area (Å²) in [7, 11) is 1.04. The molecule has 0 radical (unpaired) electrons. The Hall–Kier alpha value is -2.05. The van der Waals surface area contributed by atoms with Gasteiger partial charge >= 0.3 is 12.1 Å². The van der Waals surface area contributed by atoms with E-state index in [1.807, 2.05) is 0 Å². The summed E-state index contributed by atoms with van der Waals surface area (Å²) in [5.41, 5.74) is -1.82. The van der Waals surface area contributed by atoms with Gasteiger partial charge in [0.1, 0.15) is 5.56 Å².